The first-order valence-corrected chi connectivity index (χ1v) is 17.1. The molecule has 0 aliphatic carbocycles. The lowest BCUT2D eigenvalue weighted by molar-refractivity contribution is 1.07. The van der Waals surface area contributed by atoms with Gasteiger partial charge in [-0.2, -0.15) is 0 Å². The second kappa shape index (κ2) is 10.8. The Morgan fingerprint density at radius 3 is 1.20 bits per heavy atom. The fraction of sp³-hybridized carbons (Fsp3) is 0.0833. The Morgan fingerprint density at radius 2 is 0.725 bits per heavy atom. The molecule has 194 valence electrons. The fourth-order valence-electron chi connectivity index (χ4n) is 4.79. The van der Waals surface area contributed by atoms with E-state index in [2.05, 4.69) is 92.4 Å². The molecule has 0 saturated carbocycles. The van der Waals surface area contributed by atoms with Crippen molar-refractivity contribution in [2.45, 2.75) is 19.6 Å². The zero-order chi connectivity index (χ0) is 27.5. The van der Waals surface area contributed by atoms with Crippen molar-refractivity contribution in [2.75, 3.05) is 0 Å². The van der Waals surface area contributed by atoms with Gasteiger partial charge < -0.3 is 0 Å². The molecule has 6 rings (SSSR count). The summed E-state index contributed by atoms with van der Waals surface area (Å²) in [6.07, 6.45) is 0. The standard InChI is InChI=1S/C36H31N3Si/c1-40(2,3)33-23-21-27(22-24-33)26-17-19-28(20-18-26)31-15-10-16-32(25-31)36-38-34(29-11-6-4-7-12-29)37-35(39-36)30-13-8-5-9-14-30/h4-25H,1-3H3. The molecule has 0 atom stereocenters. The van der Waals surface area contributed by atoms with Gasteiger partial charge in [-0.15, -0.1) is 0 Å². The number of hydrogen-bond acceptors (Lipinski definition) is 3. The summed E-state index contributed by atoms with van der Waals surface area (Å²) in [5.74, 6) is 1.99. The van der Waals surface area contributed by atoms with Gasteiger partial charge in [-0.1, -0.05) is 152 Å². The predicted octanol–water partition coefficient (Wildman–Crippen LogP) is 8.75. The van der Waals surface area contributed by atoms with E-state index in [1.165, 1.54) is 16.3 Å². The third-order valence-electron chi connectivity index (χ3n) is 7.12. The number of nitrogens with zero attached hydrogens (tertiary/aromatic N) is 3. The zero-order valence-electron chi connectivity index (χ0n) is 23.0. The highest BCUT2D eigenvalue weighted by atomic mass is 28.3. The maximum absolute atomic E-state index is 4.89. The Balaban J connectivity index is 1.35. The van der Waals surface area contributed by atoms with Crippen molar-refractivity contribution >= 4 is 13.3 Å². The minimum atomic E-state index is -1.30. The van der Waals surface area contributed by atoms with Crippen molar-refractivity contribution in [3.05, 3.63) is 133 Å². The van der Waals surface area contributed by atoms with Gasteiger partial charge in [0.05, 0.1) is 8.07 Å². The van der Waals surface area contributed by atoms with Crippen molar-refractivity contribution in [1.29, 1.82) is 0 Å². The predicted molar refractivity (Wildman–Crippen MR) is 170 cm³/mol. The first-order valence-electron chi connectivity index (χ1n) is 13.6. The van der Waals surface area contributed by atoms with Gasteiger partial charge in [0.15, 0.2) is 17.5 Å². The molecule has 3 nitrogen and oxygen atoms in total. The highest BCUT2D eigenvalue weighted by Crippen LogP contribution is 2.29. The highest BCUT2D eigenvalue weighted by molar-refractivity contribution is 6.88. The van der Waals surface area contributed by atoms with E-state index in [0.29, 0.717) is 17.5 Å². The second-order valence-electron chi connectivity index (χ2n) is 11.0. The van der Waals surface area contributed by atoms with Crippen molar-refractivity contribution in [3.63, 3.8) is 0 Å². The summed E-state index contributed by atoms with van der Waals surface area (Å²) in [6, 6.07) is 46.5. The first-order chi connectivity index (χ1) is 19.4. The van der Waals surface area contributed by atoms with E-state index < -0.39 is 8.07 Å². The molecule has 1 aromatic heterocycles. The summed E-state index contributed by atoms with van der Waals surface area (Å²) in [6.45, 7) is 7.15. The monoisotopic (exact) mass is 533 g/mol. The van der Waals surface area contributed by atoms with E-state index in [4.69, 9.17) is 15.0 Å². The Bertz CT molecular complexity index is 1680. The van der Waals surface area contributed by atoms with Crippen molar-refractivity contribution < 1.29 is 0 Å². The van der Waals surface area contributed by atoms with Crippen LogP contribution in [-0.2, 0) is 0 Å². The molecular formula is C36H31N3Si. The first kappa shape index (κ1) is 25.6. The van der Waals surface area contributed by atoms with Gasteiger partial charge in [0.1, 0.15) is 0 Å². The second-order valence-corrected chi connectivity index (χ2v) is 16.1. The van der Waals surface area contributed by atoms with E-state index in [0.717, 1.165) is 27.8 Å². The van der Waals surface area contributed by atoms with Crippen LogP contribution in [0.3, 0.4) is 0 Å². The van der Waals surface area contributed by atoms with E-state index in [-0.39, 0.29) is 0 Å². The molecule has 0 saturated heterocycles. The lowest BCUT2D eigenvalue weighted by Crippen LogP contribution is -2.37. The van der Waals surface area contributed by atoms with Gasteiger partial charge in [-0.05, 0) is 28.3 Å². The van der Waals surface area contributed by atoms with Crippen LogP contribution in [-0.4, -0.2) is 23.0 Å². The van der Waals surface area contributed by atoms with Crippen molar-refractivity contribution in [3.8, 4) is 56.4 Å². The van der Waals surface area contributed by atoms with Gasteiger partial charge >= 0.3 is 0 Å². The molecule has 0 spiro atoms. The van der Waals surface area contributed by atoms with E-state index >= 15 is 0 Å². The summed E-state index contributed by atoms with van der Waals surface area (Å²) < 4.78 is 0. The molecule has 0 unspecified atom stereocenters. The third-order valence-corrected chi connectivity index (χ3v) is 9.19. The Kier molecular flexibility index (Phi) is 6.93. The van der Waals surface area contributed by atoms with Gasteiger partial charge in [-0.25, -0.2) is 15.0 Å². The molecule has 4 heteroatoms. The summed E-state index contributed by atoms with van der Waals surface area (Å²) in [7, 11) is -1.30. The maximum Gasteiger partial charge on any atom is 0.164 e. The normalized spacial score (nSPS) is 11.4. The van der Waals surface area contributed by atoms with Crippen molar-refractivity contribution in [2.24, 2.45) is 0 Å². The van der Waals surface area contributed by atoms with Crippen LogP contribution in [0.5, 0.6) is 0 Å². The molecule has 0 radical (unpaired) electrons. The van der Waals surface area contributed by atoms with Gasteiger partial charge in [0.2, 0.25) is 0 Å². The van der Waals surface area contributed by atoms with Gasteiger partial charge in [-0.3, -0.25) is 0 Å². The Labute approximate surface area is 237 Å². The summed E-state index contributed by atoms with van der Waals surface area (Å²) >= 11 is 0. The highest BCUT2D eigenvalue weighted by Gasteiger charge is 2.16. The smallest absolute Gasteiger partial charge is 0.164 e. The maximum atomic E-state index is 4.89. The molecule has 0 aliphatic heterocycles. The molecular weight excluding hydrogens is 503 g/mol. The minimum absolute atomic E-state index is 0.661. The number of hydrogen-bond donors (Lipinski definition) is 0. The molecule has 0 N–H and O–H groups in total. The average molecular weight is 534 g/mol. The van der Waals surface area contributed by atoms with Crippen LogP contribution >= 0.6 is 0 Å². The lowest BCUT2D eigenvalue weighted by Gasteiger charge is -2.16. The molecule has 40 heavy (non-hydrogen) atoms. The van der Waals surface area contributed by atoms with Crippen LogP contribution in [0.4, 0.5) is 0 Å². The zero-order valence-corrected chi connectivity index (χ0v) is 24.0. The molecule has 5 aromatic carbocycles. The quantitative estimate of drug-likeness (QED) is 0.201. The molecule has 0 amide bonds. The Morgan fingerprint density at radius 1 is 0.350 bits per heavy atom. The fourth-order valence-corrected chi connectivity index (χ4v) is 5.96. The molecule has 6 aromatic rings. The van der Waals surface area contributed by atoms with Crippen molar-refractivity contribution in [1.82, 2.24) is 15.0 Å². The minimum Gasteiger partial charge on any atom is -0.208 e. The lowest BCUT2D eigenvalue weighted by atomic mass is 9.99. The van der Waals surface area contributed by atoms with Crippen LogP contribution < -0.4 is 5.19 Å². The van der Waals surface area contributed by atoms with Crippen LogP contribution in [0, 0.1) is 0 Å². The molecule has 0 aliphatic rings. The summed E-state index contributed by atoms with van der Waals surface area (Å²) in [5, 5.41) is 1.48. The average Bonchev–Trinajstić information content (AvgIpc) is 3.01. The van der Waals surface area contributed by atoms with E-state index in [1.807, 2.05) is 60.7 Å². The molecule has 0 fully saturated rings. The largest absolute Gasteiger partial charge is 0.208 e. The number of rotatable bonds is 6. The van der Waals surface area contributed by atoms with Gasteiger partial charge in [0.25, 0.3) is 0 Å². The molecule has 1 heterocycles. The third kappa shape index (κ3) is 5.53. The van der Waals surface area contributed by atoms with Crippen LogP contribution in [0.15, 0.2) is 133 Å². The van der Waals surface area contributed by atoms with Gasteiger partial charge in [0, 0.05) is 16.7 Å². The van der Waals surface area contributed by atoms with E-state index in [9.17, 15) is 0 Å². The Hall–Kier alpha value is -4.67. The molecule has 0 bridgehead atoms. The van der Waals surface area contributed by atoms with E-state index in [1.54, 1.807) is 0 Å². The SMILES string of the molecule is C[Si](C)(C)c1ccc(-c2ccc(-c3cccc(-c4nc(-c5ccccc5)nc(-c5ccccc5)n4)c3)cc2)cc1. The van der Waals surface area contributed by atoms with Crippen LogP contribution in [0.25, 0.3) is 56.4 Å². The number of aromatic nitrogens is 3. The number of benzene rings is 5. The summed E-state index contributed by atoms with van der Waals surface area (Å²) in [5.41, 5.74) is 7.64. The van der Waals surface area contributed by atoms with Crippen LogP contribution in [0.1, 0.15) is 0 Å². The summed E-state index contributed by atoms with van der Waals surface area (Å²) in [4.78, 5) is 14.6. The van der Waals surface area contributed by atoms with Crippen LogP contribution in [0.2, 0.25) is 19.6 Å². The topological polar surface area (TPSA) is 38.7 Å².